The predicted octanol–water partition coefficient (Wildman–Crippen LogP) is 1.82. The Morgan fingerprint density at radius 1 is 1.40 bits per heavy atom. The number of nitrogens with zero attached hydrogens (tertiary/aromatic N) is 2. The zero-order chi connectivity index (χ0) is 10.7. The van der Waals surface area contributed by atoms with Crippen molar-refractivity contribution in [3.63, 3.8) is 0 Å². The number of rotatable bonds is 3. The average molecular weight is 224 g/mol. The van der Waals surface area contributed by atoms with Gasteiger partial charge in [0.05, 0.1) is 6.54 Å². The highest BCUT2D eigenvalue weighted by molar-refractivity contribution is 7.71. The molecule has 0 aliphatic carbocycles. The number of H-pyrrole nitrogens is 1. The maximum absolute atomic E-state index is 12.6. The molecule has 0 aliphatic rings. The summed E-state index contributed by atoms with van der Waals surface area (Å²) in [4.78, 5) is 0. The summed E-state index contributed by atoms with van der Waals surface area (Å²) in [5.74, 6) is -0.237. The Morgan fingerprint density at radius 3 is 2.73 bits per heavy atom. The molecule has 6 heteroatoms. The lowest BCUT2D eigenvalue weighted by molar-refractivity contribution is 0.627. The van der Waals surface area contributed by atoms with Crippen LogP contribution in [0.15, 0.2) is 30.6 Å². The van der Waals surface area contributed by atoms with E-state index in [1.807, 2.05) is 0 Å². The monoisotopic (exact) mass is 224 g/mol. The standard InChI is InChI=1S/C9H9FN4S/c10-8-3-1-7(2-4-8)5-12-14-6-11-13-9(14)15/h1-4,6,12H,5H2,(H,13,15). The predicted molar refractivity (Wildman–Crippen MR) is 56.9 cm³/mol. The molecule has 1 aromatic heterocycles. The van der Waals surface area contributed by atoms with E-state index in [1.54, 1.807) is 23.1 Å². The van der Waals surface area contributed by atoms with Crippen LogP contribution < -0.4 is 5.43 Å². The van der Waals surface area contributed by atoms with E-state index in [9.17, 15) is 4.39 Å². The van der Waals surface area contributed by atoms with Gasteiger partial charge in [0.2, 0.25) is 4.77 Å². The van der Waals surface area contributed by atoms with E-state index in [2.05, 4.69) is 15.6 Å². The van der Waals surface area contributed by atoms with Crippen LogP contribution in [0.5, 0.6) is 0 Å². The van der Waals surface area contributed by atoms with Gasteiger partial charge in [0.25, 0.3) is 0 Å². The van der Waals surface area contributed by atoms with Gasteiger partial charge in [0.1, 0.15) is 12.1 Å². The van der Waals surface area contributed by atoms with Gasteiger partial charge in [-0.1, -0.05) is 12.1 Å². The van der Waals surface area contributed by atoms with Gasteiger partial charge in [-0.05, 0) is 29.9 Å². The molecule has 4 nitrogen and oxygen atoms in total. The van der Waals surface area contributed by atoms with E-state index in [1.165, 1.54) is 12.1 Å². The van der Waals surface area contributed by atoms with Crippen LogP contribution in [0.2, 0.25) is 0 Å². The third-order valence-electron chi connectivity index (χ3n) is 1.92. The highest BCUT2D eigenvalue weighted by atomic mass is 32.1. The fourth-order valence-electron chi connectivity index (χ4n) is 1.14. The molecule has 0 atom stereocenters. The zero-order valence-corrected chi connectivity index (χ0v) is 8.59. The van der Waals surface area contributed by atoms with Crippen molar-refractivity contribution in [2.75, 3.05) is 5.43 Å². The van der Waals surface area contributed by atoms with Crippen molar-refractivity contribution in [3.8, 4) is 0 Å². The van der Waals surface area contributed by atoms with E-state index in [-0.39, 0.29) is 5.82 Å². The minimum absolute atomic E-state index is 0.237. The molecule has 0 spiro atoms. The second-order valence-electron chi connectivity index (χ2n) is 2.99. The zero-order valence-electron chi connectivity index (χ0n) is 7.77. The number of hydrogen-bond donors (Lipinski definition) is 2. The van der Waals surface area contributed by atoms with Crippen LogP contribution in [0.1, 0.15) is 5.56 Å². The molecule has 0 fully saturated rings. The molecule has 15 heavy (non-hydrogen) atoms. The Labute approximate surface area is 90.7 Å². The van der Waals surface area contributed by atoms with Crippen LogP contribution in [0, 0.1) is 10.6 Å². The minimum Gasteiger partial charge on any atom is -0.318 e. The lowest BCUT2D eigenvalue weighted by Gasteiger charge is -2.05. The fourth-order valence-corrected chi connectivity index (χ4v) is 1.30. The molecule has 0 amide bonds. The van der Waals surface area contributed by atoms with Crippen molar-refractivity contribution in [3.05, 3.63) is 46.7 Å². The van der Waals surface area contributed by atoms with Gasteiger partial charge in [-0.25, -0.2) is 9.07 Å². The second-order valence-corrected chi connectivity index (χ2v) is 3.38. The molecule has 0 unspecified atom stereocenters. The van der Waals surface area contributed by atoms with Gasteiger partial charge in [0.15, 0.2) is 0 Å². The fraction of sp³-hybridized carbons (Fsp3) is 0.111. The lowest BCUT2D eigenvalue weighted by atomic mass is 10.2. The summed E-state index contributed by atoms with van der Waals surface area (Å²) in [6.07, 6.45) is 1.55. The topological polar surface area (TPSA) is 45.6 Å². The summed E-state index contributed by atoms with van der Waals surface area (Å²) in [6, 6.07) is 6.27. The van der Waals surface area contributed by atoms with E-state index in [4.69, 9.17) is 12.2 Å². The quantitative estimate of drug-likeness (QED) is 0.782. The van der Waals surface area contributed by atoms with Gasteiger partial charge >= 0.3 is 0 Å². The molecule has 0 bridgehead atoms. The second kappa shape index (κ2) is 4.22. The first-order valence-electron chi connectivity index (χ1n) is 4.36. The van der Waals surface area contributed by atoms with Gasteiger partial charge < -0.3 is 5.43 Å². The number of halogens is 1. The van der Waals surface area contributed by atoms with Crippen molar-refractivity contribution in [1.82, 2.24) is 14.9 Å². The van der Waals surface area contributed by atoms with Crippen LogP contribution >= 0.6 is 12.2 Å². The first-order chi connectivity index (χ1) is 7.25. The molecule has 0 aliphatic heterocycles. The molecule has 1 aromatic carbocycles. The van der Waals surface area contributed by atoms with Gasteiger partial charge in [0, 0.05) is 0 Å². The summed E-state index contributed by atoms with van der Waals surface area (Å²) >= 11 is 4.94. The van der Waals surface area contributed by atoms with Gasteiger partial charge in [-0.15, -0.1) is 0 Å². The van der Waals surface area contributed by atoms with Crippen LogP contribution in [0.4, 0.5) is 4.39 Å². The number of aromatic nitrogens is 3. The number of nitrogens with one attached hydrogen (secondary N) is 2. The maximum Gasteiger partial charge on any atom is 0.214 e. The van der Waals surface area contributed by atoms with Crippen molar-refractivity contribution in [1.29, 1.82) is 0 Å². The normalized spacial score (nSPS) is 10.2. The van der Waals surface area contributed by atoms with Crippen molar-refractivity contribution in [2.24, 2.45) is 0 Å². The van der Waals surface area contributed by atoms with Gasteiger partial charge in [-0.2, -0.15) is 5.10 Å². The van der Waals surface area contributed by atoms with Crippen LogP contribution in [0.3, 0.4) is 0 Å². The van der Waals surface area contributed by atoms with Gasteiger partial charge in [-0.3, -0.25) is 5.10 Å². The Kier molecular flexibility index (Phi) is 2.77. The minimum atomic E-state index is -0.237. The van der Waals surface area contributed by atoms with Crippen molar-refractivity contribution >= 4 is 12.2 Å². The SMILES string of the molecule is Fc1ccc(CNn2cn[nH]c2=S)cc1. The Bertz CT molecular complexity index is 487. The van der Waals surface area contributed by atoms with E-state index < -0.39 is 0 Å². The molecule has 0 saturated heterocycles. The number of hydrogen-bond acceptors (Lipinski definition) is 3. The largest absolute Gasteiger partial charge is 0.318 e. The third-order valence-corrected chi connectivity index (χ3v) is 2.21. The molecule has 78 valence electrons. The summed E-state index contributed by atoms with van der Waals surface area (Å²) in [6.45, 7) is 0.564. The third kappa shape index (κ3) is 2.41. The van der Waals surface area contributed by atoms with Crippen LogP contribution in [0.25, 0.3) is 0 Å². The highest BCUT2D eigenvalue weighted by Crippen LogP contribution is 2.02. The molecule has 2 N–H and O–H groups in total. The maximum atomic E-state index is 12.6. The summed E-state index contributed by atoms with van der Waals surface area (Å²) < 4.78 is 14.7. The van der Waals surface area contributed by atoms with E-state index in [0.29, 0.717) is 11.3 Å². The molecule has 0 radical (unpaired) electrons. The number of aromatic amines is 1. The average Bonchev–Trinajstić information content (AvgIpc) is 2.63. The Balaban J connectivity index is 2.02. The molecule has 2 aromatic rings. The molecule has 1 heterocycles. The van der Waals surface area contributed by atoms with Crippen molar-refractivity contribution in [2.45, 2.75) is 6.54 Å². The molecular weight excluding hydrogens is 215 g/mol. The lowest BCUT2D eigenvalue weighted by Crippen LogP contribution is -2.13. The van der Waals surface area contributed by atoms with Crippen LogP contribution in [-0.4, -0.2) is 14.9 Å². The highest BCUT2D eigenvalue weighted by Gasteiger charge is 1.95. The molecule has 0 saturated carbocycles. The summed E-state index contributed by atoms with van der Waals surface area (Å²) in [5, 5.41) is 6.38. The Morgan fingerprint density at radius 2 is 2.13 bits per heavy atom. The Hall–Kier alpha value is -1.69. The number of benzene rings is 1. The smallest absolute Gasteiger partial charge is 0.214 e. The first-order valence-corrected chi connectivity index (χ1v) is 4.77. The van der Waals surface area contributed by atoms with Crippen molar-refractivity contribution < 1.29 is 4.39 Å². The first kappa shape index (κ1) is 9.85. The summed E-state index contributed by atoms with van der Waals surface area (Å²) in [5.41, 5.74) is 4.00. The van der Waals surface area contributed by atoms with Crippen LogP contribution in [-0.2, 0) is 6.54 Å². The summed E-state index contributed by atoms with van der Waals surface area (Å²) in [7, 11) is 0. The molecule has 2 rings (SSSR count). The van der Waals surface area contributed by atoms with E-state index >= 15 is 0 Å². The van der Waals surface area contributed by atoms with E-state index in [0.717, 1.165) is 5.56 Å². The molecular formula is C9H9FN4S.